The molecule has 2 aliphatic carbocycles. The van der Waals surface area contributed by atoms with Crippen LogP contribution in [0, 0.1) is 29.6 Å². The zero-order valence-electron chi connectivity index (χ0n) is 26.0. The van der Waals surface area contributed by atoms with E-state index in [1.807, 2.05) is 30.9 Å². The van der Waals surface area contributed by atoms with Crippen LogP contribution < -0.4 is 0 Å². The van der Waals surface area contributed by atoms with E-state index in [2.05, 4.69) is 0 Å². The molecule has 1 aromatic heterocycles. The average Bonchev–Trinajstić information content (AvgIpc) is 3.68. The molecule has 3 atom stereocenters. The minimum absolute atomic E-state index is 0.0365. The molecule has 3 fully saturated rings. The molecule has 2 saturated carbocycles. The Kier molecular flexibility index (Phi) is 10.6. The summed E-state index contributed by atoms with van der Waals surface area (Å²) in [5, 5.41) is 0.752. The quantitative estimate of drug-likeness (QED) is 0.261. The second-order valence-corrected chi connectivity index (χ2v) is 13.2. The van der Waals surface area contributed by atoms with Gasteiger partial charge in [0.25, 0.3) is 0 Å². The number of benzene rings is 1. The number of alkyl halides is 1. The molecule has 8 heteroatoms. The van der Waals surface area contributed by atoms with Crippen molar-refractivity contribution in [2.24, 2.45) is 29.6 Å². The number of rotatable bonds is 11. The summed E-state index contributed by atoms with van der Waals surface area (Å²) in [4.78, 5) is 42.4. The SMILES string of the molecule is CCCOC(=O)c1cc2cc(CC(=O)[C@@H]3[C@H](C4CCC(OC)CC4)CCN3C(=O)C3CCC([C@H](C)CF)CC3)ccc2o1. The fourth-order valence-electron chi connectivity index (χ4n) is 7.89. The van der Waals surface area contributed by atoms with Crippen LogP contribution in [0.5, 0.6) is 0 Å². The van der Waals surface area contributed by atoms with Crippen LogP contribution in [0.4, 0.5) is 4.39 Å². The number of fused-ring (bicyclic) bond motifs is 1. The first kappa shape index (κ1) is 31.7. The first-order valence-electron chi connectivity index (χ1n) is 16.4. The molecule has 7 nitrogen and oxygen atoms in total. The van der Waals surface area contributed by atoms with Gasteiger partial charge in [0.05, 0.1) is 25.4 Å². The van der Waals surface area contributed by atoms with Crippen molar-refractivity contribution in [1.29, 1.82) is 0 Å². The van der Waals surface area contributed by atoms with E-state index in [9.17, 15) is 18.8 Å². The molecule has 43 heavy (non-hydrogen) atoms. The highest BCUT2D eigenvalue weighted by Crippen LogP contribution is 2.42. The molecule has 1 aromatic carbocycles. The maximum atomic E-state index is 14.2. The molecule has 5 rings (SSSR count). The summed E-state index contributed by atoms with van der Waals surface area (Å²) in [6, 6.07) is 6.81. The first-order chi connectivity index (χ1) is 20.8. The van der Waals surface area contributed by atoms with Crippen LogP contribution in [0.3, 0.4) is 0 Å². The van der Waals surface area contributed by atoms with Crippen molar-refractivity contribution in [3.63, 3.8) is 0 Å². The Hall–Kier alpha value is -2.74. The summed E-state index contributed by atoms with van der Waals surface area (Å²) in [6.45, 7) is 4.54. The van der Waals surface area contributed by atoms with Gasteiger partial charge >= 0.3 is 5.97 Å². The van der Waals surface area contributed by atoms with E-state index in [0.29, 0.717) is 30.6 Å². The van der Waals surface area contributed by atoms with E-state index < -0.39 is 12.0 Å². The lowest BCUT2D eigenvalue weighted by Gasteiger charge is -2.37. The molecular formula is C35H48FNO6. The zero-order valence-corrected chi connectivity index (χ0v) is 26.0. The minimum atomic E-state index is -0.491. The van der Waals surface area contributed by atoms with E-state index in [1.54, 1.807) is 19.2 Å². The number of esters is 1. The highest BCUT2D eigenvalue weighted by molar-refractivity contribution is 5.94. The fraction of sp³-hybridized carbons (Fsp3) is 0.686. The third-order valence-corrected chi connectivity index (χ3v) is 10.5. The number of likely N-dealkylation sites (tertiary alicyclic amines) is 1. The normalized spacial score (nSPS) is 28.6. The molecular weight excluding hydrogens is 549 g/mol. The highest BCUT2D eigenvalue weighted by atomic mass is 19.1. The number of ether oxygens (including phenoxy) is 2. The molecule has 2 aromatic rings. The Balaban J connectivity index is 1.32. The largest absolute Gasteiger partial charge is 0.460 e. The molecule has 0 bridgehead atoms. The van der Waals surface area contributed by atoms with Crippen molar-refractivity contribution in [1.82, 2.24) is 4.90 Å². The summed E-state index contributed by atoms with van der Waals surface area (Å²) in [5.74, 6) is 0.677. The summed E-state index contributed by atoms with van der Waals surface area (Å²) in [7, 11) is 1.77. The van der Waals surface area contributed by atoms with Crippen LogP contribution in [-0.4, -0.2) is 61.6 Å². The van der Waals surface area contributed by atoms with E-state index in [-0.39, 0.29) is 54.4 Å². The Morgan fingerprint density at radius 3 is 2.44 bits per heavy atom. The molecule has 1 aliphatic heterocycles. The fourth-order valence-corrected chi connectivity index (χ4v) is 7.89. The molecule has 0 radical (unpaired) electrons. The summed E-state index contributed by atoms with van der Waals surface area (Å²) in [6.07, 6.45) is 9.37. The standard InChI is InChI=1S/C35H48FNO6/c1-4-17-42-35(40)32-20-27-18-23(5-14-31(27)43-32)19-30(38)33-29(25-10-12-28(41-3)13-11-25)15-16-37(33)34(39)26-8-6-24(7-9-26)22(2)21-36/h5,14,18,20,22,24-26,28-29,33H,4,6-13,15-17,19,21H2,1-3H3/t22-,24?,25?,26?,28?,29+,33+/m1/s1. The van der Waals surface area contributed by atoms with Crippen molar-refractivity contribution in [3.8, 4) is 0 Å². The van der Waals surface area contributed by atoms with Crippen LogP contribution in [0.25, 0.3) is 11.0 Å². The van der Waals surface area contributed by atoms with Gasteiger partial charge in [0.2, 0.25) is 11.7 Å². The van der Waals surface area contributed by atoms with Gasteiger partial charge in [0, 0.05) is 31.4 Å². The van der Waals surface area contributed by atoms with Crippen molar-refractivity contribution in [3.05, 3.63) is 35.6 Å². The summed E-state index contributed by atoms with van der Waals surface area (Å²) < 4.78 is 29.8. The summed E-state index contributed by atoms with van der Waals surface area (Å²) >= 11 is 0. The number of halogens is 1. The number of furan rings is 1. The van der Waals surface area contributed by atoms with Gasteiger partial charge < -0.3 is 18.8 Å². The number of amides is 1. The van der Waals surface area contributed by atoms with Gasteiger partial charge in [-0.15, -0.1) is 0 Å². The van der Waals surface area contributed by atoms with E-state index in [4.69, 9.17) is 13.9 Å². The molecule has 1 amide bonds. The predicted molar refractivity (Wildman–Crippen MR) is 162 cm³/mol. The van der Waals surface area contributed by atoms with Gasteiger partial charge in [0.15, 0.2) is 5.78 Å². The number of ketones is 1. The van der Waals surface area contributed by atoms with Crippen molar-refractivity contribution >= 4 is 28.6 Å². The van der Waals surface area contributed by atoms with Crippen LogP contribution in [0.1, 0.15) is 94.2 Å². The Morgan fingerprint density at radius 2 is 1.77 bits per heavy atom. The molecule has 0 N–H and O–H groups in total. The number of hydrogen-bond donors (Lipinski definition) is 0. The van der Waals surface area contributed by atoms with Crippen LogP contribution in [0.15, 0.2) is 28.7 Å². The Bertz CT molecular complexity index is 1260. The molecule has 1 saturated heterocycles. The van der Waals surface area contributed by atoms with E-state index >= 15 is 0 Å². The van der Waals surface area contributed by atoms with E-state index in [0.717, 1.165) is 75.2 Å². The molecule has 0 spiro atoms. The van der Waals surface area contributed by atoms with Crippen LogP contribution in [0.2, 0.25) is 0 Å². The van der Waals surface area contributed by atoms with Gasteiger partial charge in [0.1, 0.15) is 5.58 Å². The maximum absolute atomic E-state index is 14.2. The number of Topliss-reactive ketones (excluding diaryl/α,β-unsaturated/α-hetero) is 1. The maximum Gasteiger partial charge on any atom is 0.374 e. The highest BCUT2D eigenvalue weighted by Gasteiger charge is 2.47. The van der Waals surface area contributed by atoms with Gasteiger partial charge in [-0.1, -0.05) is 19.9 Å². The monoisotopic (exact) mass is 597 g/mol. The Morgan fingerprint density at radius 1 is 1.02 bits per heavy atom. The lowest BCUT2D eigenvalue weighted by Crippen LogP contribution is -2.48. The summed E-state index contributed by atoms with van der Waals surface area (Å²) in [5.41, 5.74) is 1.41. The number of methoxy groups -OCH3 is 1. The van der Waals surface area contributed by atoms with Crippen molar-refractivity contribution in [2.75, 3.05) is 26.9 Å². The van der Waals surface area contributed by atoms with Crippen molar-refractivity contribution < 1.29 is 32.7 Å². The van der Waals surface area contributed by atoms with Gasteiger partial charge in [-0.2, -0.15) is 0 Å². The second-order valence-electron chi connectivity index (χ2n) is 13.2. The third-order valence-electron chi connectivity index (χ3n) is 10.5. The molecule has 0 unspecified atom stereocenters. The molecule has 2 heterocycles. The van der Waals surface area contributed by atoms with Crippen LogP contribution >= 0.6 is 0 Å². The topological polar surface area (TPSA) is 86.1 Å². The number of carbonyl (C=O) groups excluding carboxylic acids is 3. The number of carbonyl (C=O) groups is 3. The lowest BCUT2D eigenvalue weighted by atomic mass is 9.74. The van der Waals surface area contributed by atoms with Crippen molar-refractivity contribution in [2.45, 2.75) is 96.6 Å². The van der Waals surface area contributed by atoms with Gasteiger partial charge in [-0.05, 0) is 112 Å². The average molecular weight is 598 g/mol. The Labute approximate surface area is 254 Å². The van der Waals surface area contributed by atoms with Gasteiger partial charge in [-0.25, -0.2) is 4.79 Å². The molecule has 3 aliphatic rings. The molecule has 236 valence electrons. The lowest BCUT2D eigenvalue weighted by molar-refractivity contribution is -0.143. The first-order valence-corrected chi connectivity index (χ1v) is 16.4. The third kappa shape index (κ3) is 7.16. The second kappa shape index (κ2) is 14.4. The van der Waals surface area contributed by atoms with E-state index in [1.165, 1.54) is 0 Å². The minimum Gasteiger partial charge on any atom is -0.460 e. The number of hydrogen-bond acceptors (Lipinski definition) is 6. The predicted octanol–water partition coefficient (Wildman–Crippen LogP) is 6.95. The number of nitrogens with zero attached hydrogens (tertiary/aromatic N) is 1. The smallest absolute Gasteiger partial charge is 0.374 e. The zero-order chi connectivity index (χ0) is 30.5. The van der Waals surface area contributed by atoms with Gasteiger partial charge in [-0.3, -0.25) is 14.0 Å². The van der Waals surface area contributed by atoms with Crippen LogP contribution in [-0.2, 0) is 25.5 Å².